The first-order valence-corrected chi connectivity index (χ1v) is 11.9. The number of Topliss-reactive ketones (excluding diaryl/α,β-unsaturated/α-hetero) is 1. The van der Waals surface area contributed by atoms with E-state index < -0.39 is 0 Å². The van der Waals surface area contributed by atoms with E-state index in [1.54, 1.807) is 0 Å². The lowest BCUT2D eigenvalue weighted by molar-refractivity contribution is 0.0991. The van der Waals surface area contributed by atoms with Gasteiger partial charge in [0.2, 0.25) is 0 Å². The highest BCUT2D eigenvalue weighted by Gasteiger charge is 2.32. The molecule has 1 fully saturated rings. The molecule has 0 bridgehead atoms. The summed E-state index contributed by atoms with van der Waals surface area (Å²) in [7, 11) is 0. The van der Waals surface area contributed by atoms with Crippen molar-refractivity contribution < 1.29 is 4.79 Å². The van der Waals surface area contributed by atoms with Gasteiger partial charge < -0.3 is 9.55 Å². The molecule has 2 aromatic carbocycles. The molecule has 1 saturated carbocycles. The number of aromatic nitrogens is 4. The number of carbonyl (C=O) groups is 1. The molecule has 0 radical (unpaired) electrons. The number of hydrogen-bond acceptors (Lipinski definition) is 4. The summed E-state index contributed by atoms with van der Waals surface area (Å²) in [6.45, 7) is 5.06. The average molecular weight is 431 g/mol. The number of nitrogens with one attached hydrogen (secondary N) is 1. The second kappa shape index (κ2) is 8.35. The Morgan fingerprint density at radius 3 is 2.65 bits per heavy atom. The molecule has 2 heterocycles. The molecule has 2 aromatic heterocycles. The first kappa shape index (κ1) is 20.1. The van der Waals surface area contributed by atoms with Gasteiger partial charge in [0.05, 0.1) is 0 Å². The molecule has 1 atom stereocenters. The van der Waals surface area contributed by atoms with Crippen molar-refractivity contribution in [3.8, 4) is 0 Å². The zero-order valence-corrected chi connectivity index (χ0v) is 18.7. The quantitative estimate of drug-likeness (QED) is 0.278. The topological polar surface area (TPSA) is 63.6 Å². The lowest BCUT2D eigenvalue weighted by atomic mass is 10.0. The van der Waals surface area contributed by atoms with Crippen molar-refractivity contribution in [3.63, 3.8) is 0 Å². The van der Waals surface area contributed by atoms with Gasteiger partial charge in [-0.3, -0.25) is 4.79 Å². The SMILES string of the molecule is CCc1cccc2c(C(=O)C(Sc3nnc(C4CC4)n3CC)c3ccccc3)c[nH]c12. The van der Waals surface area contributed by atoms with Gasteiger partial charge in [-0.2, -0.15) is 0 Å². The molecule has 4 aromatic rings. The Bertz CT molecular complexity index is 1220. The number of nitrogens with zero attached hydrogens (tertiary/aromatic N) is 3. The van der Waals surface area contributed by atoms with Gasteiger partial charge in [-0.15, -0.1) is 10.2 Å². The first-order valence-electron chi connectivity index (χ1n) is 11.0. The Morgan fingerprint density at radius 2 is 1.94 bits per heavy atom. The van der Waals surface area contributed by atoms with Crippen LogP contribution in [0.3, 0.4) is 0 Å². The summed E-state index contributed by atoms with van der Waals surface area (Å²) in [5.41, 5.74) is 3.99. The predicted molar refractivity (Wildman–Crippen MR) is 125 cm³/mol. The summed E-state index contributed by atoms with van der Waals surface area (Å²) >= 11 is 1.51. The van der Waals surface area contributed by atoms with E-state index in [2.05, 4.69) is 39.7 Å². The molecule has 0 amide bonds. The molecule has 158 valence electrons. The highest BCUT2D eigenvalue weighted by molar-refractivity contribution is 8.00. The Hall–Kier alpha value is -2.86. The fourth-order valence-electron chi connectivity index (χ4n) is 4.19. The van der Waals surface area contributed by atoms with Crippen LogP contribution >= 0.6 is 11.8 Å². The van der Waals surface area contributed by atoms with Crippen LogP contribution in [0.15, 0.2) is 59.9 Å². The molecule has 5 nitrogen and oxygen atoms in total. The maximum Gasteiger partial charge on any atom is 0.192 e. The number of thioether (sulfide) groups is 1. The number of rotatable bonds is 8. The third kappa shape index (κ3) is 3.69. The van der Waals surface area contributed by atoms with E-state index in [0.717, 1.165) is 46.0 Å². The van der Waals surface area contributed by atoms with Crippen LogP contribution in [0.2, 0.25) is 0 Å². The predicted octanol–water partition coefficient (Wildman–Crippen LogP) is 5.94. The van der Waals surface area contributed by atoms with Crippen LogP contribution in [-0.4, -0.2) is 25.5 Å². The Morgan fingerprint density at radius 1 is 1.13 bits per heavy atom. The van der Waals surface area contributed by atoms with Gasteiger partial charge in [-0.1, -0.05) is 67.2 Å². The van der Waals surface area contributed by atoms with Crippen LogP contribution < -0.4 is 0 Å². The average Bonchev–Trinajstić information content (AvgIpc) is 3.43. The number of para-hydroxylation sites is 1. The maximum atomic E-state index is 13.9. The summed E-state index contributed by atoms with van der Waals surface area (Å²) in [6, 6.07) is 16.2. The third-order valence-electron chi connectivity index (χ3n) is 6.02. The number of aryl methyl sites for hydroxylation is 1. The number of benzene rings is 2. The molecular weight excluding hydrogens is 404 g/mol. The smallest absolute Gasteiger partial charge is 0.192 e. The highest BCUT2D eigenvalue weighted by atomic mass is 32.2. The lowest BCUT2D eigenvalue weighted by Crippen LogP contribution is -2.11. The highest BCUT2D eigenvalue weighted by Crippen LogP contribution is 2.43. The summed E-state index contributed by atoms with van der Waals surface area (Å²) in [6.07, 6.45) is 5.15. The van der Waals surface area contributed by atoms with Crippen LogP contribution in [0, 0.1) is 0 Å². The third-order valence-corrected chi connectivity index (χ3v) is 7.25. The van der Waals surface area contributed by atoms with Gasteiger partial charge in [0.25, 0.3) is 0 Å². The number of H-pyrrole nitrogens is 1. The monoisotopic (exact) mass is 430 g/mol. The Labute approximate surface area is 186 Å². The zero-order chi connectivity index (χ0) is 21.4. The molecular formula is C25H26N4OS. The normalized spacial score (nSPS) is 14.8. The van der Waals surface area contributed by atoms with E-state index >= 15 is 0 Å². The molecule has 1 unspecified atom stereocenters. The van der Waals surface area contributed by atoms with Crippen molar-refractivity contribution in [3.05, 3.63) is 77.2 Å². The van der Waals surface area contributed by atoms with E-state index in [1.165, 1.54) is 30.2 Å². The van der Waals surface area contributed by atoms with Crippen LogP contribution in [0.5, 0.6) is 0 Å². The van der Waals surface area contributed by atoms with Crippen molar-refractivity contribution in [2.45, 2.75) is 56.0 Å². The molecule has 0 spiro atoms. The van der Waals surface area contributed by atoms with Crippen molar-refractivity contribution in [2.75, 3.05) is 0 Å². The molecule has 1 N–H and O–H groups in total. The molecule has 1 aliphatic carbocycles. The van der Waals surface area contributed by atoms with Crippen molar-refractivity contribution in [1.82, 2.24) is 19.7 Å². The van der Waals surface area contributed by atoms with Gasteiger partial charge in [0, 0.05) is 35.1 Å². The molecule has 0 saturated heterocycles. The molecule has 1 aliphatic rings. The number of hydrogen-bond donors (Lipinski definition) is 1. The maximum absolute atomic E-state index is 13.9. The largest absolute Gasteiger partial charge is 0.360 e. The fraction of sp³-hybridized carbons (Fsp3) is 0.320. The van der Waals surface area contributed by atoms with Crippen LogP contribution in [0.25, 0.3) is 10.9 Å². The summed E-state index contributed by atoms with van der Waals surface area (Å²) < 4.78 is 2.18. The summed E-state index contributed by atoms with van der Waals surface area (Å²) in [5.74, 6) is 1.67. The van der Waals surface area contributed by atoms with E-state index in [-0.39, 0.29) is 11.0 Å². The Balaban J connectivity index is 1.56. The first-order chi connectivity index (χ1) is 15.2. The van der Waals surface area contributed by atoms with Crippen LogP contribution in [0.4, 0.5) is 0 Å². The second-order valence-corrected chi connectivity index (χ2v) is 9.10. The minimum Gasteiger partial charge on any atom is -0.360 e. The molecule has 31 heavy (non-hydrogen) atoms. The van der Waals surface area contributed by atoms with Crippen molar-refractivity contribution in [2.24, 2.45) is 0 Å². The van der Waals surface area contributed by atoms with Crippen molar-refractivity contribution in [1.29, 1.82) is 0 Å². The number of ketones is 1. The molecule has 6 heteroatoms. The molecule has 0 aliphatic heterocycles. The standard InChI is InChI=1S/C25H26N4OS/c1-3-16-11-8-12-19-20(15-26-21(16)19)22(30)23(17-9-6-5-7-10-17)31-25-28-27-24(18-13-14-18)29(25)4-2/h5-12,15,18,23,26H,3-4,13-14H2,1-2H3. The van der Waals surface area contributed by atoms with Gasteiger partial charge in [0.15, 0.2) is 10.9 Å². The van der Waals surface area contributed by atoms with E-state index in [1.807, 2.05) is 48.7 Å². The minimum atomic E-state index is -0.382. The van der Waals surface area contributed by atoms with Gasteiger partial charge in [0.1, 0.15) is 11.1 Å². The minimum absolute atomic E-state index is 0.0920. The Kier molecular flexibility index (Phi) is 5.40. The van der Waals surface area contributed by atoms with Gasteiger partial charge >= 0.3 is 0 Å². The fourth-order valence-corrected chi connectivity index (χ4v) is 5.37. The zero-order valence-electron chi connectivity index (χ0n) is 17.8. The van der Waals surface area contributed by atoms with Gasteiger partial charge in [-0.25, -0.2) is 0 Å². The van der Waals surface area contributed by atoms with E-state index in [0.29, 0.717) is 5.92 Å². The van der Waals surface area contributed by atoms with Crippen LogP contribution in [-0.2, 0) is 13.0 Å². The van der Waals surface area contributed by atoms with Gasteiger partial charge in [-0.05, 0) is 37.3 Å². The van der Waals surface area contributed by atoms with E-state index in [9.17, 15) is 4.79 Å². The number of carbonyl (C=O) groups excluding carboxylic acids is 1. The van der Waals surface area contributed by atoms with E-state index in [4.69, 9.17) is 0 Å². The second-order valence-electron chi connectivity index (χ2n) is 8.03. The van der Waals surface area contributed by atoms with Crippen molar-refractivity contribution >= 4 is 28.4 Å². The molecule has 5 rings (SSSR count). The van der Waals surface area contributed by atoms with Crippen LogP contribution in [0.1, 0.15) is 65.2 Å². The number of aromatic amines is 1. The number of fused-ring (bicyclic) bond motifs is 1. The summed E-state index contributed by atoms with van der Waals surface area (Å²) in [4.78, 5) is 17.2. The lowest BCUT2D eigenvalue weighted by Gasteiger charge is -2.16. The summed E-state index contributed by atoms with van der Waals surface area (Å²) in [5, 5.41) is 10.4.